The van der Waals surface area contributed by atoms with Crippen molar-refractivity contribution in [1.29, 1.82) is 0 Å². The molecule has 138 valence electrons. The van der Waals surface area contributed by atoms with Crippen molar-refractivity contribution in [3.8, 4) is 0 Å². The average Bonchev–Trinajstić information content (AvgIpc) is 2.64. The maximum Gasteiger partial charge on any atom is 0.314 e. The second-order valence-corrected chi connectivity index (χ2v) is 7.00. The van der Waals surface area contributed by atoms with Crippen LogP contribution in [-0.2, 0) is 13.1 Å². The number of hydrogen-bond acceptors (Lipinski definition) is 4. The molecule has 0 saturated carbocycles. The molecule has 0 atom stereocenters. The number of aromatic nitrogens is 2. The first-order valence-corrected chi connectivity index (χ1v) is 9.14. The Morgan fingerprint density at radius 3 is 2.00 bits per heavy atom. The van der Waals surface area contributed by atoms with Crippen LogP contribution in [0, 0.1) is 13.8 Å². The summed E-state index contributed by atoms with van der Waals surface area (Å²) in [5, 5.41) is 0. The van der Waals surface area contributed by atoms with Gasteiger partial charge < -0.3 is 10.6 Å². The molecule has 0 spiro atoms. The van der Waals surface area contributed by atoms with Crippen molar-refractivity contribution in [3.05, 3.63) is 59.2 Å². The molecule has 1 fully saturated rings. The van der Waals surface area contributed by atoms with Crippen LogP contribution in [0.1, 0.15) is 35.4 Å². The van der Waals surface area contributed by atoms with Gasteiger partial charge in [0.15, 0.2) is 0 Å². The highest BCUT2D eigenvalue weighted by atomic mass is 16.2. The normalized spacial score (nSPS) is 15.4. The highest BCUT2D eigenvalue weighted by molar-refractivity contribution is 5.72. The summed E-state index contributed by atoms with van der Waals surface area (Å²) < 4.78 is 0. The summed E-state index contributed by atoms with van der Waals surface area (Å²) in [6.07, 6.45) is 5.53. The van der Waals surface area contributed by atoms with Crippen molar-refractivity contribution >= 4 is 6.03 Å². The molecule has 3 rings (SSSR count). The first-order chi connectivity index (χ1) is 12.5. The summed E-state index contributed by atoms with van der Waals surface area (Å²) in [5.74, 6) is 0. The van der Waals surface area contributed by atoms with E-state index < -0.39 is 0 Å². The Hall–Kier alpha value is -2.47. The SMILES string of the molecule is Cc1cccnc1CN(Cc1ncccc1C)C1CCN(C(N)=O)CC1. The summed E-state index contributed by atoms with van der Waals surface area (Å²) in [6, 6.07) is 8.20. The minimum atomic E-state index is -0.323. The molecule has 0 unspecified atom stereocenters. The lowest BCUT2D eigenvalue weighted by atomic mass is 10.0. The van der Waals surface area contributed by atoms with Gasteiger partial charge in [0.05, 0.1) is 11.4 Å². The summed E-state index contributed by atoms with van der Waals surface area (Å²) in [7, 11) is 0. The van der Waals surface area contributed by atoms with Crippen molar-refractivity contribution in [2.24, 2.45) is 5.73 Å². The molecule has 2 aromatic rings. The molecule has 6 nitrogen and oxygen atoms in total. The molecule has 2 amide bonds. The average molecular weight is 353 g/mol. The fraction of sp³-hybridized carbons (Fsp3) is 0.450. The molecular weight excluding hydrogens is 326 g/mol. The first-order valence-electron chi connectivity index (χ1n) is 9.14. The van der Waals surface area contributed by atoms with Crippen LogP contribution in [0.3, 0.4) is 0 Å². The van der Waals surface area contributed by atoms with Gasteiger partial charge in [0.25, 0.3) is 0 Å². The zero-order chi connectivity index (χ0) is 18.5. The summed E-state index contributed by atoms with van der Waals surface area (Å²) in [5.41, 5.74) is 10.0. The third kappa shape index (κ3) is 4.38. The van der Waals surface area contributed by atoms with Crippen molar-refractivity contribution in [3.63, 3.8) is 0 Å². The van der Waals surface area contributed by atoms with Gasteiger partial charge in [-0.15, -0.1) is 0 Å². The number of nitrogens with zero attached hydrogens (tertiary/aromatic N) is 4. The highest BCUT2D eigenvalue weighted by Gasteiger charge is 2.27. The van der Waals surface area contributed by atoms with Crippen molar-refractivity contribution in [2.75, 3.05) is 13.1 Å². The number of amides is 2. The zero-order valence-electron chi connectivity index (χ0n) is 15.6. The van der Waals surface area contributed by atoms with E-state index in [9.17, 15) is 4.79 Å². The van der Waals surface area contributed by atoms with E-state index in [1.165, 1.54) is 11.1 Å². The molecule has 0 aromatic carbocycles. The van der Waals surface area contributed by atoms with Gasteiger partial charge in [-0.25, -0.2) is 4.79 Å². The van der Waals surface area contributed by atoms with E-state index in [1.807, 2.05) is 24.5 Å². The van der Waals surface area contributed by atoms with Gasteiger partial charge in [0, 0.05) is 44.6 Å². The van der Waals surface area contributed by atoms with Gasteiger partial charge in [-0.3, -0.25) is 14.9 Å². The Bertz CT molecular complexity index is 708. The van der Waals surface area contributed by atoms with E-state index in [1.54, 1.807) is 4.90 Å². The maximum absolute atomic E-state index is 11.4. The van der Waals surface area contributed by atoms with Gasteiger partial charge in [-0.1, -0.05) is 12.1 Å². The monoisotopic (exact) mass is 353 g/mol. The van der Waals surface area contributed by atoms with E-state index in [0.717, 1.165) is 37.3 Å². The fourth-order valence-electron chi connectivity index (χ4n) is 3.52. The molecule has 0 aliphatic carbocycles. The Morgan fingerprint density at radius 1 is 1.08 bits per heavy atom. The number of aryl methyl sites for hydroxylation is 2. The first kappa shape index (κ1) is 18.3. The van der Waals surface area contributed by atoms with Gasteiger partial charge in [-0.05, 0) is 49.9 Å². The summed E-state index contributed by atoms with van der Waals surface area (Å²) in [6.45, 7) is 7.18. The number of primary amides is 1. The standard InChI is InChI=1S/C20H27N5O/c1-15-5-3-9-22-18(15)13-25(14-19-16(2)6-4-10-23-19)17-7-11-24(12-8-17)20(21)26/h3-6,9-10,17H,7-8,11-14H2,1-2H3,(H2,21,26). The van der Waals surface area contributed by atoms with Crippen LogP contribution < -0.4 is 5.73 Å². The Balaban J connectivity index is 1.79. The lowest BCUT2D eigenvalue weighted by Gasteiger charge is -2.38. The maximum atomic E-state index is 11.4. The summed E-state index contributed by atoms with van der Waals surface area (Å²) >= 11 is 0. The molecule has 26 heavy (non-hydrogen) atoms. The van der Waals surface area contributed by atoms with E-state index >= 15 is 0 Å². The predicted octanol–water partition coefficient (Wildman–Crippen LogP) is 2.64. The van der Waals surface area contributed by atoms with Gasteiger partial charge in [0.2, 0.25) is 0 Å². The van der Waals surface area contributed by atoms with Gasteiger partial charge in [0.1, 0.15) is 0 Å². The van der Waals surface area contributed by atoms with E-state index in [4.69, 9.17) is 5.73 Å². The number of carbonyl (C=O) groups excluding carboxylic acids is 1. The minimum Gasteiger partial charge on any atom is -0.351 e. The lowest BCUT2D eigenvalue weighted by Crippen LogP contribution is -2.48. The molecule has 0 radical (unpaired) electrons. The smallest absolute Gasteiger partial charge is 0.314 e. The molecule has 2 N–H and O–H groups in total. The fourth-order valence-corrected chi connectivity index (χ4v) is 3.52. The topological polar surface area (TPSA) is 75.3 Å². The molecular formula is C20H27N5O. The minimum absolute atomic E-state index is 0.323. The third-order valence-electron chi connectivity index (χ3n) is 5.23. The Labute approximate surface area is 155 Å². The molecule has 1 aliphatic heterocycles. The van der Waals surface area contributed by atoms with Crippen LogP contribution >= 0.6 is 0 Å². The number of likely N-dealkylation sites (tertiary alicyclic amines) is 1. The van der Waals surface area contributed by atoms with Crippen LogP contribution in [0.2, 0.25) is 0 Å². The number of piperidine rings is 1. The van der Waals surface area contributed by atoms with Crippen LogP contribution in [-0.4, -0.2) is 44.9 Å². The van der Waals surface area contributed by atoms with Gasteiger partial charge in [-0.2, -0.15) is 0 Å². The second kappa shape index (κ2) is 8.27. The van der Waals surface area contributed by atoms with Gasteiger partial charge >= 0.3 is 6.03 Å². The lowest BCUT2D eigenvalue weighted by molar-refractivity contribution is 0.106. The highest BCUT2D eigenvalue weighted by Crippen LogP contribution is 2.22. The van der Waals surface area contributed by atoms with Crippen LogP contribution in [0.25, 0.3) is 0 Å². The predicted molar refractivity (Wildman–Crippen MR) is 101 cm³/mol. The van der Waals surface area contributed by atoms with Crippen LogP contribution in [0.5, 0.6) is 0 Å². The van der Waals surface area contributed by atoms with E-state index in [2.05, 4.69) is 40.8 Å². The van der Waals surface area contributed by atoms with Crippen molar-refractivity contribution in [2.45, 2.75) is 45.8 Å². The quantitative estimate of drug-likeness (QED) is 0.897. The number of pyridine rings is 2. The molecule has 3 heterocycles. The van der Waals surface area contributed by atoms with Crippen LogP contribution in [0.4, 0.5) is 4.79 Å². The Kier molecular flexibility index (Phi) is 5.83. The third-order valence-corrected chi connectivity index (χ3v) is 5.23. The molecule has 0 bridgehead atoms. The van der Waals surface area contributed by atoms with E-state index in [-0.39, 0.29) is 6.03 Å². The molecule has 6 heteroatoms. The summed E-state index contributed by atoms with van der Waals surface area (Å²) in [4.78, 5) is 24.7. The van der Waals surface area contributed by atoms with Crippen molar-refractivity contribution in [1.82, 2.24) is 19.8 Å². The Morgan fingerprint density at radius 2 is 1.58 bits per heavy atom. The van der Waals surface area contributed by atoms with Crippen LogP contribution in [0.15, 0.2) is 36.7 Å². The largest absolute Gasteiger partial charge is 0.351 e. The second-order valence-electron chi connectivity index (χ2n) is 7.00. The number of hydrogen-bond donors (Lipinski definition) is 1. The van der Waals surface area contributed by atoms with E-state index in [0.29, 0.717) is 19.1 Å². The number of urea groups is 1. The zero-order valence-corrected chi connectivity index (χ0v) is 15.6. The van der Waals surface area contributed by atoms with Crippen molar-refractivity contribution < 1.29 is 4.79 Å². The number of rotatable bonds is 5. The number of nitrogens with two attached hydrogens (primary N) is 1. The molecule has 1 saturated heterocycles. The molecule has 1 aliphatic rings. The number of carbonyl (C=O) groups is 1. The molecule has 2 aromatic heterocycles.